The fourth-order valence-corrected chi connectivity index (χ4v) is 5.60. The zero-order chi connectivity index (χ0) is 26.4. The first kappa shape index (κ1) is 24.6. The fraction of sp³-hybridized carbons (Fsp3) is 0.259. The molecule has 3 heterocycles. The molecule has 37 heavy (non-hydrogen) atoms. The van der Waals surface area contributed by atoms with Crippen LogP contribution in [-0.4, -0.2) is 40.5 Å². The number of ether oxygens (including phenoxy) is 2. The maximum Gasteiger partial charge on any atom is 0.350 e. The van der Waals surface area contributed by atoms with Crippen molar-refractivity contribution in [1.29, 1.82) is 0 Å². The molecule has 2 atom stereocenters. The summed E-state index contributed by atoms with van der Waals surface area (Å²) in [7, 11) is 0. The van der Waals surface area contributed by atoms with Crippen LogP contribution in [0.4, 0.5) is 9.52 Å². The Balaban J connectivity index is 1.68. The van der Waals surface area contributed by atoms with Gasteiger partial charge in [-0.15, -0.1) is 0 Å². The molecule has 0 unspecified atom stereocenters. The van der Waals surface area contributed by atoms with E-state index >= 15 is 4.39 Å². The van der Waals surface area contributed by atoms with Crippen molar-refractivity contribution in [2.75, 3.05) is 11.5 Å². The Morgan fingerprint density at radius 1 is 1.27 bits per heavy atom. The van der Waals surface area contributed by atoms with E-state index in [0.717, 1.165) is 21.8 Å². The van der Waals surface area contributed by atoms with Gasteiger partial charge in [-0.2, -0.15) is 0 Å². The second kappa shape index (κ2) is 9.44. The van der Waals surface area contributed by atoms with E-state index in [1.165, 1.54) is 18.2 Å². The van der Waals surface area contributed by atoms with E-state index in [1.54, 1.807) is 38.1 Å². The van der Waals surface area contributed by atoms with E-state index in [0.29, 0.717) is 23.4 Å². The van der Waals surface area contributed by atoms with Crippen molar-refractivity contribution in [3.63, 3.8) is 0 Å². The molecule has 0 spiro atoms. The summed E-state index contributed by atoms with van der Waals surface area (Å²) >= 11 is 0.865. The summed E-state index contributed by atoms with van der Waals surface area (Å²) in [6.07, 6.45) is 0.592. The largest absolute Gasteiger partial charge is 0.507 e. The molecular weight excluding hydrogens is 499 g/mol. The van der Waals surface area contributed by atoms with Crippen molar-refractivity contribution in [3.05, 3.63) is 81.1 Å². The lowest BCUT2D eigenvalue weighted by Crippen LogP contribution is -2.29. The highest BCUT2D eigenvalue weighted by Gasteiger charge is 2.49. The van der Waals surface area contributed by atoms with E-state index in [2.05, 4.69) is 4.98 Å². The number of esters is 1. The molecular formula is C27H23FN2O6S. The summed E-state index contributed by atoms with van der Waals surface area (Å²) in [5.74, 6) is -3.01. The molecule has 0 bridgehead atoms. The Morgan fingerprint density at radius 2 is 2.03 bits per heavy atom. The average molecular weight is 523 g/mol. The zero-order valence-electron chi connectivity index (χ0n) is 20.3. The lowest BCUT2D eigenvalue weighted by atomic mass is 9.94. The first-order valence-corrected chi connectivity index (χ1v) is 12.5. The van der Waals surface area contributed by atoms with E-state index in [4.69, 9.17) is 9.47 Å². The molecule has 1 N–H and O–H groups in total. The average Bonchev–Trinajstić information content (AvgIpc) is 3.51. The standard InChI is InChI=1S/C27H23FN2O6S/c1-4-35-26(34)24-14(3)29-27(37-24)30-21(17-7-5-6-8-18(17)28)20(23(32)25(30)33)22(31)15-9-10-19-16(12-15)11-13(2)36-19/h5-10,12-13,21,31H,4,11H2,1-3H3/b22-20+/t13-,21+/m0/s1. The van der Waals surface area contributed by atoms with Gasteiger partial charge in [0.2, 0.25) is 0 Å². The normalized spacial score (nSPS) is 20.2. The van der Waals surface area contributed by atoms with Gasteiger partial charge in [0.05, 0.1) is 17.9 Å². The van der Waals surface area contributed by atoms with Crippen molar-refractivity contribution < 1.29 is 33.4 Å². The van der Waals surface area contributed by atoms with Crippen molar-refractivity contribution in [1.82, 2.24) is 4.98 Å². The minimum absolute atomic E-state index is 0.00639. The van der Waals surface area contributed by atoms with Crippen LogP contribution in [0.15, 0.2) is 48.0 Å². The summed E-state index contributed by atoms with van der Waals surface area (Å²) < 4.78 is 25.9. The van der Waals surface area contributed by atoms with Gasteiger partial charge in [-0.1, -0.05) is 29.5 Å². The van der Waals surface area contributed by atoms with Crippen LogP contribution in [0.1, 0.15) is 51.9 Å². The van der Waals surface area contributed by atoms with Crippen LogP contribution in [0, 0.1) is 12.7 Å². The number of halogens is 1. The quantitative estimate of drug-likeness (QED) is 0.224. The van der Waals surface area contributed by atoms with E-state index < -0.39 is 35.3 Å². The number of fused-ring (bicyclic) bond motifs is 1. The van der Waals surface area contributed by atoms with Gasteiger partial charge < -0.3 is 14.6 Å². The Morgan fingerprint density at radius 3 is 2.76 bits per heavy atom. The molecule has 0 saturated carbocycles. The minimum atomic E-state index is -1.30. The van der Waals surface area contributed by atoms with Gasteiger partial charge in [0.25, 0.3) is 5.78 Å². The first-order valence-electron chi connectivity index (χ1n) is 11.7. The van der Waals surface area contributed by atoms with Gasteiger partial charge in [-0.05, 0) is 50.6 Å². The van der Waals surface area contributed by atoms with Crippen LogP contribution in [0.25, 0.3) is 5.76 Å². The Hall–Kier alpha value is -4.05. The molecule has 2 aliphatic rings. The third-order valence-electron chi connectivity index (χ3n) is 6.27. The third kappa shape index (κ3) is 4.17. The monoisotopic (exact) mass is 522 g/mol. The molecule has 8 nitrogen and oxygen atoms in total. The van der Waals surface area contributed by atoms with Crippen molar-refractivity contribution in [3.8, 4) is 5.75 Å². The van der Waals surface area contributed by atoms with Gasteiger partial charge in [0, 0.05) is 17.5 Å². The highest BCUT2D eigenvalue weighted by molar-refractivity contribution is 7.17. The van der Waals surface area contributed by atoms with Crippen molar-refractivity contribution in [2.45, 2.75) is 39.3 Å². The molecule has 2 aliphatic heterocycles. The molecule has 0 aliphatic carbocycles. The summed E-state index contributed by atoms with van der Waals surface area (Å²) in [6.45, 7) is 5.31. The van der Waals surface area contributed by atoms with E-state index in [1.807, 2.05) is 6.92 Å². The highest BCUT2D eigenvalue weighted by atomic mass is 32.1. The SMILES string of the molecule is CCOC(=O)c1sc(N2C(=O)C(=O)/C(=C(/O)c3ccc4c(c3)C[C@H](C)O4)[C@H]2c2ccccc2F)nc1C. The summed E-state index contributed by atoms with van der Waals surface area (Å²) in [5, 5.41) is 11.4. The molecule has 3 aromatic rings. The number of aromatic nitrogens is 1. The predicted molar refractivity (Wildman–Crippen MR) is 134 cm³/mol. The van der Waals surface area contributed by atoms with E-state index in [-0.39, 0.29) is 33.9 Å². The fourth-order valence-electron chi connectivity index (χ4n) is 4.62. The number of aryl methyl sites for hydroxylation is 1. The number of hydrogen-bond acceptors (Lipinski definition) is 8. The summed E-state index contributed by atoms with van der Waals surface area (Å²) in [5.41, 5.74) is 1.20. The second-order valence-electron chi connectivity index (χ2n) is 8.78. The van der Waals surface area contributed by atoms with Crippen LogP contribution < -0.4 is 9.64 Å². The number of ketones is 1. The number of amides is 1. The third-order valence-corrected chi connectivity index (χ3v) is 7.40. The second-order valence-corrected chi connectivity index (χ2v) is 9.75. The lowest BCUT2D eigenvalue weighted by Gasteiger charge is -2.23. The molecule has 190 valence electrons. The number of benzene rings is 2. The smallest absolute Gasteiger partial charge is 0.350 e. The van der Waals surface area contributed by atoms with Crippen LogP contribution in [-0.2, 0) is 20.7 Å². The van der Waals surface area contributed by atoms with Gasteiger partial charge in [-0.25, -0.2) is 14.2 Å². The molecule has 2 aromatic carbocycles. The maximum absolute atomic E-state index is 15.1. The summed E-state index contributed by atoms with van der Waals surface area (Å²) in [4.78, 5) is 44.6. The lowest BCUT2D eigenvalue weighted by molar-refractivity contribution is -0.132. The van der Waals surface area contributed by atoms with Crippen LogP contribution in [0.5, 0.6) is 5.75 Å². The number of nitrogens with zero attached hydrogens (tertiary/aromatic N) is 2. The van der Waals surface area contributed by atoms with Crippen LogP contribution >= 0.6 is 11.3 Å². The van der Waals surface area contributed by atoms with E-state index in [9.17, 15) is 19.5 Å². The Kier molecular flexibility index (Phi) is 6.28. The number of thiazole rings is 1. The number of carbonyl (C=O) groups is 3. The van der Waals surface area contributed by atoms with Gasteiger partial charge in [0.15, 0.2) is 5.13 Å². The zero-order valence-corrected chi connectivity index (χ0v) is 21.1. The topological polar surface area (TPSA) is 106 Å². The number of anilines is 1. The van der Waals surface area contributed by atoms with Gasteiger partial charge in [0.1, 0.15) is 34.3 Å². The Labute approximate surface area is 216 Å². The molecule has 1 aromatic heterocycles. The number of hydrogen-bond donors (Lipinski definition) is 1. The molecule has 0 radical (unpaired) electrons. The maximum atomic E-state index is 15.1. The molecule has 1 amide bonds. The predicted octanol–water partition coefficient (Wildman–Crippen LogP) is 4.72. The molecule has 5 rings (SSSR count). The number of rotatable bonds is 5. The minimum Gasteiger partial charge on any atom is -0.507 e. The van der Waals surface area contributed by atoms with Crippen molar-refractivity contribution >= 4 is 39.9 Å². The highest BCUT2D eigenvalue weighted by Crippen LogP contribution is 2.45. The van der Waals surface area contributed by atoms with Crippen molar-refractivity contribution in [2.24, 2.45) is 0 Å². The summed E-state index contributed by atoms with van der Waals surface area (Å²) in [6, 6.07) is 9.39. The molecule has 1 saturated heterocycles. The molecule has 1 fully saturated rings. The van der Waals surface area contributed by atoms with Gasteiger partial charge >= 0.3 is 11.9 Å². The number of carbonyl (C=O) groups excluding carboxylic acids is 3. The Bertz CT molecular complexity index is 1480. The van der Waals surface area contributed by atoms with Gasteiger partial charge in [-0.3, -0.25) is 14.5 Å². The molecule has 10 heteroatoms. The van der Waals surface area contributed by atoms with Crippen LogP contribution in [0.3, 0.4) is 0 Å². The number of Topliss-reactive ketones (excluding diaryl/α,β-unsaturated/α-hetero) is 1. The number of aliphatic hydroxyl groups excluding tert-OH is 1. The number of aliphatic hydroxyl groups is 1. The van der Waals surface area contributed by atoms with Crippen LogP contribution in [0.2, 0.25) is 0 Å². The first-order chi connectivity index (χ1) is 17.7.